The topological polar surface area (TPSA) is 102 Å². The maximum absolute atomic E-state index is 12.0. The van der Waals surface area contributed by atoms with E-state index in [2.05, 4.69) is 43.3 Å². The second-order valence-electron chi connectivity index (χ2n) is 8.94. The average Bonchev–Trinajstić information content (AvgIpc) is 2.66. The molecule has 7 nitrogen and oxygen atoms in total. The van der Waals surface area contributed by atoms with E-state index in [-0.39, 0.29) is 13.2 Å². The third-order valence-corrected chi connectivity index (χ3v) is 7.36. The first-order valence-electron chi connectivity index (χ1n) is 11.6. The van der Waals surface area contributed by atoms with Gasteiger partial charge in [-0.25, -0.2) is 9.13 Å². The fourth-order valence-electron chi connectivity index (χ4n) is 2.75. The summed E-state index contributed by atoms with van der Waals surface area (Å²) < 4.78 is 37.9. The van der Waals surface area contributed by atoms with E-state index in [0.29, 0.717) is 0 Å². The average molecular weight is 519 g/mol. The molecule has 0 rings (SSSR count). The first kappa shape index (κ1) is 33.0. The van der Waals surface area contributed by atoms with Gasteiger partial charge in [0, 0.05) is 0 Å². The predicted molar refractivity (Wildman–Crippen MR) is 140 cm³/mol. The highest BCUT2D eigenvalue weighted by Gasteiger charge is 2.34. The number of hydrogen-bond acceptors (Lipinski definition) is 5. The van der Waals surface area contributed by atoms with Crippen LogP contribution >= 0.6 is 15.6 Å². The monoisotopic (exact) mass is 518 g/mol. The van der Waals surface area contributed by atoms with Gasteiger partial charge in [-0.3, -0.25) is 9.05 Å². The lowest BCUT2D eigenvalue weighted by atomic mass is 10.1. The zero-order valence-electron chi connectivity index (χ0n) is 21.9. The van der Waals surface area contributed by atoms with Crippen molar-refractivity contribution in [3.05, 3.63) is 58.2 Å². The summed E-state index contributed by atoms with van der Waals surface area (Å²) in [4.78, 5) is 19.5. The first-order chi connectivity index (χ1) is 15.7. The molecule has 0 aliphatic carbocycles. The molecule has 0 aromatic heterocycles. The highest BCUT2D eigenvalue weighted by Crippen LogP contribution is 2.60. The van der Waals surface area contributed by atoms with Crippen molar-refractivity contribution in [1.29, 1.82) is 0 Å². The molecule has 0 aliphatic rings. The van der Waals surface area contributed by atoms with Gasteiger partial charge in [0.15, 0.2) is 0 Å². The van der Waals surface area contributed by atoms with Crippen molar-refractivity contribution in [2.45, 2.75) is 87.0 Å². The van der Waals surface area contributed by atoms with E-state index >= 15 is 0 Å². The van der Waals surface area contributed by atoms with Gasteiger partial charge in [-0.05, 0) is 87.0 Å². The Morgan fingerprint density at radius 3 is 1.26 bits per heavy atom. The maximum atomic E-state index is 12.0. The summed E-state index contributed by atoms with van der Waals surface area (Å²) in [5, 5.41) is 0. The summed E-state index contributed by atoms with van der Waals surface area (Å²) in [6.45, 7) is 13.7. The van der Waals surface area contributed by atoms with Crippen LogP contribution in [0, 0.1) is 0 Å². The van der Waals surface area contributed by atoms with Crippen LogP contribution in [0.25, 0.3) is 0 Å². The smallest absolute Gasteiger partial charge is 0.302 e. The second kappa shape index (κ2) is 17.4. The van der Waals surface area contributed by atoms with Crippen LogP contribution in [0.1, 0.15) is 87.0 Å². The maximum Gasteiger partial charge on any atom is 0.481 e. The Hall–Kier alpha value is -1.04. The molecule has 9 heteroatoms. The summed E-state index contributed by atoms with van der Waals surface area (Å²) in [7, 11) is -9.50. The fourth-order valence-corrected chi connectivity index (χ4v) is 4.70. The Morgan fingerprint density at radius 1 is 0.588 bits per heavy atom. The van der Waals surface area contributed by atoms with Gasteiger partial charge in [0.25, 0.3) is 0 Å². The van der Waals surface area contributed by atoms with Crippen molar-refractivity contribution in [3.63, 3.8) is 0 Å². The molecule has 0 saturated carbocycles. The highest BCUT2D eigenvalue weighted by atomic mass is 31.3. The van der Waals surface area contributed by atoms with Gasteiger partial charge in [0.05, 0.1) is 13.2 Å². The molecule has 196 valence electrons. The molecule has 0 heterocycles. The molecule has 0 fully saturated rings. The molecule has 0 spiro atoms. The Morgan fingerprint density at radius 2 is 0.912 bits per heavy atom. The molecule has 0 amide bonds. The molecule has 0 aromatic carbocycles. The van der Waals surface area contributed by atoms with Gasteiger partial charge in [-0.15, -0.1) is 0 Å². The van der Waals surface area contributed by atoms with Crippen LogP contribution in [0.4, 0.5) is 0 Å². The van der Waals surface area contributed by atoms with E-state index in [4.69, 9.17) is 9.05 Å². The van der Waals surface area contributed by atoms with Crippen LogP contribution in [0.3, 0.4) is 0 Å². The van der Waals surface area contributed by atoms with Gasteiger partial charge < -0.3 is 9.79 Å². The molecule has 0 aromatic rings. The van der Waals surface area contributed by atoms with Crippen LogP contribution < -0.4 is 0 Å². The number of hydrogen-bond donors (Lipinski definition) is 2. The van der Waals surface area contributed by atoms with Crippen molar-refractivity contribution in [3.8, 4) is 0 Å². The third-order valence-electron chi connectivity index (χ3n) is 4.76. The largest absolute Gasteiger partial charge is 0.481 e. The van der Waals surface area contributed by atoms with Crippen molar-refractivity contribution in [1.82, 2.24) is 0 Å². The Kier molecular flexibility index (Phi) is 16.9. The van der Waals surface area contributed by atoms with E-state index in [9.17, 15) is 18.9 Å². The Balaban J connectivity index is 4.43. The first-order valence-corrected chi connectivity index (χ1v) is 14.6. The molecule has 2 N–H and O–H groups in total. The van der Waals surface area contributed by atoms with E-state index in [1.165, 1.54) is 16.7 Å². The standard InChI is InChI=1S/C25H44O7P2/c1-21(2)11-8-13-23(5)15-10-16-25(7)18-20-31-34(28,29)32-33(26,27)30-19-17-24(6)14-9-12-22(3)4/h11-12,15,17-18H,8-10,13-14,16,19-20H2,1-7H3,(H,26,27)(H,28,29)/b23-15?,24-17+,25-18?. The molecule has 34 heavy (non-hydrogen) atoms. The summed E-state index contributed by atoms with van der Waals surface area (Å²) in [5.41, 5.74) is 5.81. The van der Waals surface area contributed by atoms with E-state index in [1.807, 2.05) is 27.7 Å². The zero-order valence-corrected chi connectivity index (χ0v) is 23.7. The molecule has 0 radical (unpaired) electrons. The van der Waals surface area contributed by atoms with Gasteiger partial charge >= 0.3 is 15.6 Å². The van der Waals surface area contributed by atoms with E-state index < -0.39 is 15.6 Å². The molecule has 0 bridgehead atoms. The summed E-state index contributed by atoms with van der Waals surface area (Å²) in [5.74, 6) is 0. The minimum absolute atomic E-state index is 0.214. The minimum atomic E-state index is -4.75. The normalized spacial score (nSPS) is 16.6. The Labute approximate surface area is 206 Å². The minimum Gasteiger partial charge on any atom is -0.302 e. The lowest BCUT2D eigenvalue weighted by Crippen LogP contribution is -1.98. The Bertz CT molecular complexity index is 858. The summed E-state index contributed by atoms with van der Waals surface area (Å²) in [6.07, 6.45) is 15.1. The molecule has 0 saturated heterocycles. The zero-order chi connectivity index (χ0) is 26.2. The quantitative estimate of drug-likeness (QED) is 0.147. The number of phosphoric acid groups is 2. The summed E-state index contributed by atoms with van der Waals surface area (Å²) in [6, 6.07) is 0. The molecular formula is C25H44O7P2. The van der Waals surface area contributed by atoms with Crippen molar-refractivity contribution < 1.29 is 32.3 Å². The number of rotatable bonds is 17. The molecule has 0 aliphatic heterocycles. The molecule has 2 unspecified atom stereocenters. The van der Waals surface area contributed by atoms with Gasteiger partial charge in [0.1, 0.15) is 0 Å². The SMILES string of the molecule is CC(C)=CCCC(C)=CCCC(C)=CCOP(=O)(O)OP(=O)(O)OC/C=C(\C)CCC=C(C)C. The third kappa shape index (κ3) is 20.3. The van der Waals surface area contributed by atoms with Gasteiger partial charge in [-0.1, -0.05) is 58.2 Å². The van der Waals surface area contributed by atoms with Gasteiger partial charge in [0.2, 0.25) is 0 Å². The summed E-state index contributed by atoms with van der Waals surface area (Å²) >= 11 is 0. The van der Waals surface area contributed by atoms with Crippen LogP contribution in [-0.4, -0.2) is 23.0 Å². The van der Waals surface area contributed by atoms with Crippen molar-refractivity contribution >= 4 is 15.6 Å². The van der Waals surface area contributed by atoms with Crippen LogP contribution in [0.2, 0.25) is 0 Å². The lowest BCUT2D eigenvalue weighted by molar-refractivity contribution is 0.170. The van der Waals surface area contributed by atoms with Crippen LogP contribution in [0.5, 0.6) is 0 Å². The van der Waals surface area contributed by atoms with Crippen molar-refractivity contribution in [2.75, 3.05) is 13.2 Å². The lowest BCUT2D eigenvalue weighted by Gasteiger charge is -2.15. The van der Waals surface area contributed by atoms with E-state index in [0.717, 1.165) is 49.7 Å². The van der Waals surface area contributed by atoms with Crippen molar-refractivity contribution in [2.24, 2.45) is 0 Å². The molecule has 2 atom stereocenters. The second-order valence-corrected chi connectivity index (χ2v) is 12.0. The fraction of sp³-hybridized carbons (Fsp3) is 0.600. The number of allylic oxidation sites excluding steroid dienone is 8. The predicted octanol–water partition coefficient (Wildman–Crippen LogP) is 8.35. The highest BCUT2D eigenvalue weighted by molar-refractivity contribution is 7.61. The van der Waals surface area contributed by atoms with E-state index in [1.54, 1.807) is 12.2 Å². The van der Waals surface area contributed by atoms with Gasteiger partial charge in [-0.2, -0.15) is 4.31 Å². The molecular weight excluding hydrogens is 474 g/mol. The van der Waals surface area contributed by atoms with Crippen LogP contribution in [0.15, 0.2) is 58.2 Å². The van der Waals surface area contributed by atoms with Crippen LogP contribution in [-0.2, 0) is 22.5 Å². The number of phosphoric ester groups is 2.